The van der Waals surface area contributed by atoms with E-state index < -0.39 is 0 Å². The van der Waals surface area contributed by atoms with E-state index in [9.17, 15) is 0 Å². The first-order chi connectivity index (χ1) is 8.67. The van der Waals surface area contributed by atoms with Crippen molar-refractivity contribution in [3.8, 4) is 0 Å². The second kappa shape index (κ2) is 5.13. The van der Waals surface area contributed by atoms with Crippen LogP contribution < -0.4 is 5.32 Å². The second-order valence-corrected chi connectivity index (χ2v) is 7.50. The van der Waals surface area contributed by atoms with Gasteiger partial charge in [-0.15, -0.1) is 0 Å². The number of rotatable bonds is 6. The third-order valence-corrected chi connectivity index (χ3v) is 5.28. The average Bonchev–Trinajstić information content (AvgIpc) is 3.17. The molecule has 3 fully saturated rings. The van der Waals surface area contributed by atoms with Crippen LogP contribution in [0.15, 0.2) is 0 Å². The van der Waals surface area contributed by atoms with Crippen LogP contribution in [0.1, 0.15) is 58.3 Å². The third kappa shape index (κ3) is 3.27. The normalized spacial score (nSPS) is 37.2. The molecule has 3 aliphatic carbocycles. The summed E-state index contributed by atoms with van der Waals surface area (Å²) in [4.78, 5) is 2.66. The molecule has 3 aliphatic rings. The lowest BCUT2D eigenvalue weighted by molar-refractivity contribution is 0.0883. The molecular weight excluding hydrogens is 220 g/mol. The topological polar surface area (TPSA) is 15.3 Å². The Morgan fingerprint density at radius 3 is 2.56 bits per heavy atom. The van der Waals surface area contributed by atoms with E-state index >= 15 is 0 Å². The maximum atomic E-state index is 3.83. The van der Waals surface area contributed by atoms with Gasteiger partial charge in [0.25, 0.3) is 0 Å². The molecule has 0 aromatic carbocycles. The van der Waals surface area contributed by atoms with Gasteiger partial charge in [-0.1, -0.05) is 19.8 Å². The van der Waals surface area contributed by atoms with Gasteiger partial charge < -0.3 is 10.2 Å². The highest BCUT2D eigenvalue weighted by Crippen LogP contribution is 2.41. The summed E-state index contributed by atoms with van der Waals surface area (Å²) in [6.07, 6.45) is 11.5. The molecule has 0 bridgehead atoms. The van der Waals surface area contributed by atoms with E-state index in [4.69, 9.17) is 0 Å². The van der Waals surface area contributed by atoms with Crippen LogP contribution in [0.25, 0.3) is 0 Å². The van der Waals surface area contributed by atoms with Crippen molar-refractivity contribution >= 4 is 0 Å². The summed E-state index contributed by atoms with van der Waals surface area (Å²) in [6, 6.07) is 1.78. The quantitative estimate of drug-likeness (QED) is 0.779. The van der Waals surface area contributed by atoms with Crippen LogP contribution in [0.5, 0.6) is 0 Å². The third-order valence-electron chi connectivity index (χ3n) is 5.28. The van der Waals surface area contributed by atoms with Gasteiger partial charge in [-0.25, -0.2) is 0 Å². The number of nitrogens with one attached hydrogen (secondary N) is 1. The van der Waals surface area contributed by atoms with Crippen molar-refractivity contribution in [3.05, 3.63) is 0 Å². The molecule has 2 atom stereocenters. The van der Waals surface area contributed by atoms with Gasteiger partial charge >= 0.3 is 0 Å². The molecule has 0 heterocycles. The van der Waals surface area contributed by atoms with E-state index in [0.717, 1.165) is 18.0 Å². The van der Waals surface area contributed by atoms with Gasteiger partial charge in [-0.2, -0.15) is 0 Å². The van der Waals surface area contributed by atoms with Crippen LogP contribution in [0, 0.1) is 11.3 Å². The van der Waals surface area contributed by atoms with Crippen molar-refractivity contribution in [1.82, 2.24) is 10.2 Å². The van der Waals surface area contributed by atoms with Gasteiger partial charge in [0.05, 0.1) is 0 Å². The fraction of sp³-hybridized carbons (Fsp3) is 1.00. The summed E-state index contributed by atoms with van der Waals surface area (Å²) in [7, 11) is 2.36. The molecule has 0 aromatic rings. The zero-order valence-corrected chi connectivity index (χ0v) is 12.3. The first kappa shape index (κ1) is 12.9. The number of hydrogen-bond acceptors (Lipinski definition) is 2. The van der Waals surface area contributed by atoms with Crippen LogP contribution in [-0.4, -0.2) is 37.1 Å². The molecule has 0 radical (unpaired) electrons. The van der Waals surface area contributed by atoms with Crippen LogP contribution in [-0.2, 0) is 0 Å². The second-order valence-electron chi connectivity index (χ2n) is 7.50. The molecule has 2 nitrogen and oxygen atoms in total. The predicted molar refractivity (Wildman–Crippen MR) is 76.7 cm³/mol. The molecule has 18 heavy (non-hydrogen) atoms. The molecule has 1 N–H and O–H groups in total. The van der Waals surface area contributed by atoms with Crippen molar-refractivity contribution in [1.29, 1.82) is 0 Å². The summed E-state index contributed by atoms with van der Waals surface area (Å²) >= 11 is 0. The van der Waals surface area contributed by atoms with Crippen LogP contribution in [0.4, 0.5) is 0 Å². The predicted octanol–water partition coefficient (Wildman–Crippen LogP) is 3.03. The monoisotopic (exact) mass is 250 g/mol. The van der Waals surface area contributed by atoms with Crippen molar-refractivity contribution in [3.63, 3.8) is 0 Å². The van der Waals surface area contributed by atoms with Gasteiger partial charge in [-0.3, -0.25) is 0 Å². The summed E-state index contributed by atoms with van der Waals surface area (Å²) in [5.74, 6) is 0.937. The number of hydrogen-bond donors (Lipinski definition) is 1. The Balaban J connectivity index is 1.60. The molecule has 0 amide bonds. The fourth-order valence-electron chi connectivity index (χ4n) is 3.95. The molecule has 3 saturated carbocycles. The van der Waals surface area contributed by atoms with Crippen LogP contribution in [0.2, 0.25) is 0 Å². The Morgan fingerprint density at radius 1 is 1.17 bits per heavy atom. The Kier molecular flexibility index (Phi) is 3.68. The van der Waals surface area contributed by atoms with Crippen LogP contribution >= 0.6 is 0 Å². The lowest BCUT2D eigenvalue weighted by Gasteiger charge is -2.43. The van der Waals surface area contributed by atoms with Crippen LogP contribution in [0.3, 0.4) is 0 Å². The van der Waals surface area contributed by atoms with Gasteiger partial charge in [0.2, 0.25) is 0 Å². The van der Waals surface area contributed by atoms with Gasteiger partial charge in [0, 0.05) is 25.2 Å². The van der Waals surface area contributed by atoms with Gasteiger partial charge in [0.1, 0.15) is 0 Å². The van der Waals surface area contributed by atoms with Crippen molar-refractivity contribution in [2.75, 3.05) is 20.1 Å². The maximum absolute atomic E-state index is 3.83. The molecule has 104 valence electrons. The van der Waals surface area contributed by atoms with E-state index in [-0.39, 0.29) is 0 Å². The minimum absolute atomic E-state index is 0.581. The first-order valence-corrected chi connectivity index (χ1v) is 8.10. The van der Waals surface area contributed by atoms with Gasteiger partial charge in [0.15, 0.2) is 0 Å². The van der Waals surface area contributed by atoms with E-state index in [1.165, 1.54) is 64.5 Å². The molecule has 0 aliphatic heterocycles. The zero-order valence-electron chi connectivity index (χ0n) is 12.3. The Hall–Kier alpha value is -0.0800. The average molecular weight is 250 g/mol. The van der Waals surface area contributed by atoms with Crippen molar-refractivity contribution < 1.29 is 0 Å². The maximum Gasteiger partial charge on any atom is 0.00936 e. The van der Waals surface area contributed by atoms with E-state index in [2.05, 4.69) is 24.2 Å². The Labute approximate surface area is 113 Å². The lowest BCUT2D eigenvalue weighted by atomic mass is 9.69. The Bertz CT molecular complexity index is 283. The highest BCUT2D eigenvalue weighted by atomic mass is 15.2. The van der Waals surface area contributed by atoms with E-state index in [0.29, 0.717) is 5.41 Å². The van der Waals surface area contributed by atoms with E-state index in [1.807, 2.05) is 0 Å². The molecule has 2 unspecified atom stereocenters. The standard InChI is InChI=1S/C16H30N2/c1-13-4-3-9-16(10-13,11-17-14-5-6-14)12-18(2)15-7-8-15/h13-15,17H,3-12H2,1-2H3. The number of nitrogens with zero attached hydrogens (tertiary/aromatic N) is 1. The molecular formula is C16H30N2. The van der Waals surface area contributed by atoms with Crippen molar-refractivity contribution in [2.24, 2.45) is 11.3 Å². The van der Waals surface area contributed by atoms with Crippen molar-refractivity contribution in [2.45, 2.75) is 70.4 Å². The Morgan fingerprint density at radius 2 is 1.94 bits per heavy atom. The van der Waals surface area contributed by atoms with E-state index in [1.54, 1.807) is 0 Å². The fourth-order valence-corrected chi connectivity index (χ4v) is 3.95. The molecule has 3 rings (SSSR count). The summed E-state index contributed by atoms with van der Waals surface area (Å²) in [5, 5.41) is 3.83. The highest BCUT2D eigenvalue weighted by molar-refractivity contribution is 4.95. The lowest BCUT2D eigenvalue weighted by Crippen LogP contribution is -2.46. The summed E-state index contributed by atoms with van der Waals surface area (Å²) < 4.78 is 0. The molecule has 2 heteroatoms. The summed E-state index contributed by atoms with van der Waals surface area (Å²) in [6.45, 7) is 5.07. The SMILES string of the molecule is CC1CCCC(CNC2CC2)(CN(C)C2CC2)C1. The summed E-state index contributed by atoms with van der Waals surface area (Å²) in [5.41, 5.74) is 0.581. The zero-order chi connectivity index (χ0) is 12.6. The molecule has 0 saturated heterocycles. The molecule has 0 spiro atoms. The molecule has 0 aromatic heterocycles. The smallest absolute Gasteiger partial charge is 0.00936 e. The first-order valence-electron chi connectivity index (χ1n) is 8.10. The minimum Gasteiger partial charge on any atom is -0.313 e. The van der Waals surface area contributed by atoms with Gasteiger partial charge in [-0.05, 0) is 56.9 Å². The largest absolute Gasteiger partial charge is 0.313 e. The minimum atomic E-state index is 0.581. The highest BCUT2D eigenvalue weighted by Gasteiger charge is 2.39.